The summed E-state index contributed by atoms with van der Waals surface area (Å²) in [5.41, 5.74) is 7.43. The largest absolute Gasteiger partial charge is 0.508 e. The van der Waals surface area contributed by atoms with Gasteiger partial charge in [0.2, 0.25) is 11.8 Å². The number of allylic oxidation sites excluding steroid dienone is 4. The maximum absolute atomic E-state index is 13.4. The van der Waals surface area contributed by atoms with Gasteiger partial charge >= 0.3 is 0 Å². The molecule has 0 saturated carbocycles. The molecule has 6 heterocycles. The van der Waals surface area contributed by atoms with Crippen LogP contribution in [-0.4, -0.2) is 110 Å². The fraction of sp³-hybridized carbons (Fsp3) is 0.500. The van der Waals surface area contributed by atoms with Gasteiger partial charge in [-0.1, -0.05) is 36.4 Å². The van der Waals surface area contributed by atoms with Gasteiger partial charge in [-0.25, -0.2) is 0 Å². The highest BCUT2D eigenvalue weighted by Gasteiger charge is 2.45. The minimum atomic E-state index is -0.630. The van der Waals surface area contributed by atoms with E-state index >= 15 is 0 Å². The summed E-state index contributed by atoms with van der Waals surface area (Å²) in [6.45, 7) is 7.37. The van der Waals surface area contributed by atoms with Crippen LogP contribution in [0.5, 0.6) is 17.2 Å². The number of hydrogen-bond donors (Lipinski definition) is 2. The van der Waals surface area contributed by atoms with E-state index in [1.807, 2.05) is 18.2 Å². The molecule has 62 heavy (non-hydrogen) atoms. The van der Waals surface area contributed by atoms with Crippen molar-refractivity contribution in [1.82, 2.24) is 15.1 Å². The quantitative estimate of drug-likeness (QED) is 0.276. The SMILES string of the molecule is COc1cc(N2CCC3(CC2)C[C@@H](CN2CCN4c5cc6c(cc5OC[C@@H]4C2)C(=O)N([C@H]2CCC(=O)NC2=O)C6)CO3)ccc1[C@@H]1c2ccc(O)cc2CC[C@@H]1C1C=CC=CC1. The lowest BCUT2D eigenvalue weighted by molar-refractivity contribution is -0.136. The van der Waals surface area contributed by atoms with Crippen LogP contribution < -0.4 is 24.6 Å². The Kier molecular flexibility index (Phi) is 10.1. The molecule has 6 atom stereocenters. The van der Waals surface area contributed by atoms with Crippen molar-refractivity contribution in [2.45, 2.75) is 81.5 Å². The highest BCUT2D eigenvalue weighted by atomic mass is 16.5. The van der Waals surface area contributed by atoms with Gasteiger partial charge < -0.3 is 34.0 Å². The van der Waals surface area contributed by atoms with E-state index in [9.17, 15) is 19.5 Å². The van der Waals surface area contributed by atoms with Crippen molar-refractivity contribution in [2.24, 2.45) is 17.8 Å². The van der Waals surface area contributed by atoms with E-state index in [1.165, 1.54) is 22.4 Å². The highest BCUT2D eigenvalue weighted by molar-refractivity contribution is 6.06. The molecular weight excluding hydrogens is 783 g/mol. The summed E-state index contributed by atoms with van der Waals surface area (Å²) in [7, 11) is 1.80. The Morgan fingerprint density at radius 1 is 0.903 bits per heavy atom. The van der Waals surface area contributed by atoms with Crippen LogP contribution in [0.15, 0.2) is 72.8 Å². The van der Waals surface area contributed by atoms with Gasteiger partial charge in [-0.3, -0.25) is 24.6 Å². The number of methoxy groups -OCH3 is 1. The number of carbonyl (C=O) groups is 3. The highest BCUT2D eigenvalue weighted by Crippen LogP contribution is 2.50. The van der Waals surface area contributed by atoms with E-state index < -0.39 is 11.9 Å². The number of phenolic OH excluding ortho intramolecular Hbond substituents is 1. The summed E-state index contributed by atoms with van der Waals surface area (Å²) < 4.78 is 19.3. The Balaban J connectivity index is 0.713. The van der Waals surface area contributed by atoms with Gasteiger partial charge in [-0.15, -0.1) is 0 Å². The zero-order valence-electron chi connectivity index (χ0n) is 35.6. The minimum Gasteiger partial charge on any atom is -0.508 e. The van der Waals surface area contributed by atoms with Gasteiger partial charge in [0.1, 0.15) is 29.9 Å². The smallest absolute Gasteiger partial charge is 0.255 e. The summed E-state index contributed by atoms with van der Waals surface area (Å²) in [5, 5.41) is 12.7. The fourth-order valence-electron chi connectivity index (χ4n) is 12.4. The molecule has 1 unspecified atom stereocenters. The lowest BCUT2D eigenvalue weighted by Gasteiger charge is -2.46. The van der Waals surface area contributed by atoms with Crippen molar-refractivity contribution in [2.75, 3.05) is 69.4 Å². The van der Waals surface area contributed by atoms with Crippen LogP contribution in [0.2, 0.25) is 0 Å². The second-order valence-electron chi connectivity index (χ2n) is 19.0. The Bertz CT molecular complexity index is 2350. The third-order valence-electron chi connectivity index (χ3n) is 15.5. The van der Waals surface area contributed by atoms with Crippen LogP contribution in [0, 0.1) is 17.8 Å². The van der Waals surface area contributed by atoms with Crippen LogP contribution in [0.4, 0.5) is 11.4 Å². The number of anilines is 2. The van der Waals surface area contributed by atoms with Crippen LogP contribution in [0.3, 0.4) is 0 Å². The molecule has 0 aromatic heterocycles. The Labute approximate surface area is 363 Å². The number of piperazine rings is 1. The van der Waals surface area contributed by atoms with Gasteiger partial charge in [-0.2, -0.15) is 0 Å². The van der Waals surface area contributed by atoms with E-state index in [0.717, 1.165) is 107 Å². The average Bonchev–Trinajstić information content (AvgIpc) is 3.83. The van der Waals surface area contributed by atoms with Crippen LogP contribution >= 0.6 is 0 Å². The van der Waals surface area contributed by atoms with Crippen LogP contribution in [0.25, 0.3) is 0 Å². The minimum absolute atomic E-state index is 0.0774. The molecule has 3 aromatic rings. The molecule has 0 bridgehead atoms. The van der Waals surface area contributed by atoms with Crippen molar-refractivity contribution >= 4 is 29.1 Å². The van der Waals surface area contributed by atoms with Crippen molar-refractivity contribution in [1.29, 1.82) is 0 Å². The molecule has 3 aromatic carbocycles. The second kappa shape index (κ2) is 15.8. The first-order chi connectivity index (χ1) is 30.2. The van der Waals surface area contributed by atoms with Gasteiger partial charge in [0.25, 0.3) is 5.91 Å². The van der Waals surface area contributed by atoms with Crippen molar-refractivity contribution in [3.8, 4) is 17.2 Å². The average molecular weight is 840 g/mol. The second-order valence-corrected chi connectivity index (χ2v) is 19.0. The van der Waals surface area contributed by atoms with E-state index in [-0.39, 0.29) is 35.8 Å². The van der Waals surface area contributed by atoms with Gasteiger partial charge in [0, 0.05) is 81.0 Å². The monoisotopic (exact) mass is 839 g/mol. The molecule has 1 spiro atoms. The third kappa shape index (κ3) is 7.03. The zero-order chi connectivity index (χ0) is 42.1. The molecule has 4 saturated heterocycles. The topological polar surface area (TPSA) is 124 Å². The predicted octanol–water partition coefficient (Wildman–Crippen LogP) is 5.95. The predicted molar refractivity (Wildman–Crippen MR) is 235 cm³/mol. The van der Waals surface area contributed by atoms with Gasteiger partial charge in [0.05, 0.1) is 31.0 Å². The maximum Gasteiger partial charge on any atom is 0.255 e. The number of aryl methyl sites for hydroxylation is 1. The number of carbonyl (C=O) groups excluding carboxylic acids is 3. The molecule has 12 nitrogen and oxygen atoms in total. The fourth-order valence-corrected chi connectivity index (χ4v) is 12.4. The summed E-state index contributed by atoms with van der Waals surface area (Å²) in [6, 6.07) is 16.3. The lowest BCUT2D eigenvalue weighted by atomic mass is 9.65. The van der Waals surface area contributed by atoms with Crippen molar-refractivity contribution in [3.63, 3.8) is 0 Å². The number of amides is 3. The van der Waals surface area contributed by atoms with Crippen molar-refractivity contribution in [3.05, 3.63) is 101 Å². The summed E-state index contributed by atoms with van der Waals surface area (Å²) in [6.07, 6.45) is 15.8. The Morgan fingerprint density at radius 2 is 1.77 bits per heavy atom. The van der Waals surface area contributed by atoms with Crippen molar-refractivity contribution < 1.29 is 33.7 Å². The van der Waals surface area contributed by atoms with E-state index in [0.29, 0.717) is 48.6 Å². The number of benzene rings is 3. The first kappa shape index (κ1) is 39.5. The zero-order valence-corrected chi connectivity index (χ0v) is 35.6. The van der Waals surface area contributed by atoms with Crippen LogP contribution in [-0.2, 0) is 27.3 Å². The molecular formula is C50H57N5O7. The maximum atomic E-state index is 13.4. The molecule has 3 amide bonds. The summed E-state index contributed by atoms with van der Waals surface area (Å²) in [4.78, 5) is 46.9. The number of hydrogen-bond acceptors (Lipinski definition) is 10. The number of phenols is 1. The number of fused-ring (bicyclic) bond motifs is 5. The number of imide groups is 1. The number of nitrogens with zero attached hydrogens (tertiary/aromatic N) is 4. The standard InChI is InChI=1S/C50H57N5O7/c1-60-44-23-35(8-11-40(44)47-38(32-5-3-2-4-6-32)10-7-33-21-37(56)9-12-39(33)47)53-17-15-50(16-18-53)25-31(29-62-50)26-52-19-20-54-36(28-52)30-61-45-24-41-34(22-43(45)54)27-55(49(41)59)42-13-14-46(57)51-48(42)58/h2-5,8-9,11-12,21-24,31-32,36,38,42,47,56H,6-7,10,13-20,25-30H2,1H3,(H,51,57,58)/t31-,32?,36-,38+,42-,47-/m0/s1. The third-order valence-corrected chi connectivity index (χ3v) is 15.5. The molecule has 2 aliphatic carbocycles. The first-order valence-electron chi connectivity index (χ1n) is 22.9. The Morgan fingerprint density at radius 3 is 2.60 bits per heavy atom. The molecule has 8 aliphatic rings. The molecule has 4 fully saturated rings. The van der Waals surface area contributed by atoms with E-state index in [2.05, 4.69) is 74.7 Å². The number of piperidine rings is 2. The molecule has 2 N–H and O–H groups in total. The van der Waals surface area contributed by atoms with Gasteiger partial charge in [-0.05, 0) is 110 Å². The number of nitrogens with one attached hydrogen (secondary N) is 1. The molecule has 6 aliphatic heterocycles. The first-order valence-corrected chi connectivity index (χ1v) is 22.9. The molecule has 12 heteroatoms. The molecule has 11 rings (SSSR count). The normalized spacial score (nSPS) is 28.9. The number of ether oxygens (including phenoxy) is 3. The van der Waals surface area contributed by atoms with Crippen LogP contribution in [0.1, 0.15) is 83.5 Å². The molecule has 324 valence electrons. The van der Waals surface area contributed by atoms with E-state index in [4.69, 9.17) is 14.2 Å². The Hall–Kier alpha value is -5.33. The molecule has 0 radical (unpaired) electrons. The number of aromatic hydroxyl groups is 1. The van der Waals surface area contributed by atoms with Gasteiger partial charge in [0.15, 0.2) is 0 Å². The summed E-state index contributed by atoms with van der Waals surface area (Å²) >= 11 is 0. The number of rotatable bonds is 7. The van der Waals surface area contributed by atoms with E-state index in [1.54, 1.807) is 12.0 Å². The summed E-state index contributed by atoms with van der Waals surface area (Å²) in [5.74, 6) is 2.74. The lowest BCUT2D eigenvalue weighted by Crippen LogP contribution is -2.58.